The molecule has 0 unspecified atom stereocenters. The minimum Gasteiger partial charge on any atom is -0.398 e. The fourth-order valence-corrected chi connectivity index (χ4v) is 3.25. The molecule has 0 atom stereocenters. The van der Waals surface area contributed by atoms with Gasteiger partial charge >= 0.3 is 0 Å². The average molecular weight is 335 g/mol. The van der Waals surface area contributed by atoms with Crippen LogP contribution in [0.3, 0.4) is 0 Å². The quantitative estimate of drug-likeness (QED) is 0.785. The first-order chi connectivity index (χ1) is 8.40. The topological polar surface area (TPSA) is 72.2 Å². The summed E-state index contributed by atoms with van der Waals surface area (Å²) in [6, 6.07) is 4.77. The number of nitrogens with two attached hydrogens (primary N) is 1. The molecule has 1 rings (SSSR count). The fraction of sp³-hybridized carbons (Fsp3) is 0.500. The van der Waals surface area contributed by atoms with Crippen LogP contribution in [0, 0.1) is 5.92 Å². The molecule has 18 heavy (non-hydrogen) atoms. The van der Waals surface area contributed by atoms with E-state index in [1.807, 2.05) is 0 Å². The average Bonchev–Trinajstić information content (AvgIpc) is 2.29. The zero-order chi connectivity index (χ0) is 13.8. The van der Waals surface area contributed by atoms with Gasteiger partial charge in [-0.3, -0.25) is 0 Å². The summed E-state index contributed by atoms with van der Waals surface area (Å²) in [5.74, 6) is 0.358. The number of hydrogen-bond donors (Lipinski definition) is 2. The van der Waals surface area contributed by atoms with Gasteiger partial charge in [0.25, 0.3) is 0 Å². The third kappa shape index (κ3) is 3.96. The fourth-order valence-electron chi connectivity index (χ4n) is 1.65. The predicted molar refractivity (Wildman–Crippen MR) is 77.8 cm³/mol. The van der Waals surface area contributed by atoms with E-state index < -0.39 is 10.0 Å². The summed E-state index contributed by atoms with van der Waals surface area (Å²) >= 11 is 3.25. The second kappa shape index (κ2) is 6.54. The molecule has 0 radical (unpaired) electrons. The molecular weight excluding hydrogens is 316 g/mol. The Kier molecular flexibility index (Phi) is 5.62. The molecule has 0 aliphatic carbocycles. The smallest absolute Gasteiger partial charge is 0.242 e. The van der Waals surface area contributed by atoms with Gasteiger partial charge in [0, 0.05) is 11.0 Å². The summed E-state index contributed by atoms with van der Waals surface area (Å²) in [4.78, 5) is 0.136. The van der Waals surface area contributed by atoms with E-state index in [1.54, 1.807) is 12.1 Å². The molecule has 0 spiro atoms. The molecule has 6 heteroatoms. The highest BCUT2D eigenvalue weighted by Gasteiger charge is 2.18. The summed E-state index contributed by atoms with van der Waals surface area (Å²) < 4.78 is 27.6. The van der Waals surface area contributed by atoms with Crippen LogP contribution in [-0.4, -0.2) is 15.0 Å². The van der Waals surface area contributed by atoms with Crippen LogP contribution in [0.4, 0.5) is 5.69 Å². The monoisotopic (exact) mass is 334 g/mol. The highest BCUT2D eigenvalue weighted by atomic mass is 79.9. The molecule has 0 amide bonds. The van der Waals surface area contributed by atoms with Crippen LogP contribution in [0.5, 0.6) is 0 Å². The van der Waals surface area contributed by atoms with E-state index in [1.165, 1.54) is 6.07 Å². The van der Waals surface area contributed by atoms with E-state index in [0.717, 1.165) is 17.3 Å². The number of sulfonamides is 1. The van der Waals surface area contributed by atoms with Crippen molar-refractivity contribution >= 4 is 31.6 Å². The van der Waals surface area contributed by atoms with Gasteiger partial charge in [0.05, 0.1) is 5.69 Å². The number of benzene rings is 1. The summed E-state index contributed by atoms with van der Waals surface area (Å²) in [5.41, 5.74) is 5.98. The number of hydrogen-bond acceptors (Lipinski definition) is 3. The van der Waals surface area contributed by atoms with Gasteiger partial charge in [0.2, 0.25) is 10.0 Å². The molecule has 0 saturated carbocycles. The van der Waals surface area contributed by atoms with E-state index in [0.29, 0.717) is 12.5 Å². The summed E-state index contributed by atoms with van der Waals surface area (Å²) in [6.45, 7) is 4.55. The Morgan fingerprint density at radius 1 is 1.33 bits per heavy atom. The Morgan fingerprint density at radius 3 is 2.44 bits per heavy atom. The maximum Gasteiger partial charge on any atom is 0.242 e. The summed E-state index contributed by atoms with van der Waals surface area (Å²) in [5, 5.41) is 0. The standard InChI is InChI=1S/C12H19BrN2O2S/c1-3-9(4-2)8-15-18(16,17)12-6-5-10(13)7-11(12)14/h5-7,9,15H,3-4,8,14H2,1-2H3. The van der Waals surface area contributed by atoms with Gasteiger partial charge in [-0.1, -0.05) is 42.6 Å². The first kappa shape index (κ1) is 15.5. The molecule has 0 heterocycles. The van der Waals surface area contributed by atoms with Crippen molar-refractivity contribution in [2.45, 2.75) is 31.6 Å². The summed E-state index contributed by atoms with van der Waals surface area (Å²) in [6.07, 6.45) is 1.91. The van der Waals surface area contributed by atoms with Crippen molar-refractivity contribution < 1.29 is 8.42 Å². The molecule has 0 bridgehead atoms. The van der Waals surface area contributed by atoms with Gasteiger partial charge in [0.1, 0.15) is 4.90 Å². The lowest BCUT2D eigenvalue weighted by Crippen LogP contribution is -2.29. The molecule has 0 aliphatic heterocycles. The van der Waals surface area contributed by atoms with Gasteiger partial charge in [-0.25, -0.2) is 13.1 Å². The lowest BCUT2D eigenvalue weighted by molar-refractivity contribution is 0.479. The number of halogens is 1. The van der Waals surface area contributed by atoms with E-state index >= 15 is 0 Å². The van der Waals surface area contributed by atoms with Crippen LogP contribution in [0.25, 0.3) is 0 Å². The van der Waals surface area contributed by atoms with Crippen molar-refractivity contribution in [3.63, 3.8) is 0 Å². The number of rotatable bonds is 6. The molecule has 3 N–H and O–H groups in total. The highest BCUT2D eigenvalue weighted by Crippen LogP contribution is 2.22. The van der Waals surface area contributed by atoms with Crippen molar-refractivity contribution in [2.75, 3.05) is 12.3 Å². The molecule has 0 fully saturated rings. The van der Waals surface area contributed by atoms with Crippen molar-refractivity contribution in [1.29, 1.82) is 0 Å². The number of anilines is 1. The Hall–Kier alpha value is -0.590. The Bertz CT molecular complexity index is 499. The first-order valence-electron chi connectivity index (χ1n) is 5.95. The van der Waals surface area contributed by atoms with Crippen LogP contribution in [0.15, 0.2) is 27.6 Å². The predicted octanol–water partition coefficient (Wildman–Crippen LogP) is 2.75. The molecule has 0 saturated heterocycles. The van der Waals surface area contributed by atoms with Gasteiger partial charge in [-0.05, 0) is 24.1 Å². The Morgan fingerprint density at radius 2 is 1.94 bits per heavy atom. The van der Waals surface area contributed by atoms with Crippen molar-refractivity contribution in [3.8, 4) is 0 Å². The second-order valence-corrected chi connectivity index (χ2v) is 6.87. The zero-order valence-electron chi connectivity index (χ0n) is 10.6. The first-order valence-corrected chi connectivity index (χ1v) is 8.23. The van der Waals surface area contributed by atoms with Crippen LogP contribution in [-0.2, 0) is 10.0 Å². The summed E-state index contributed by atoms with van der Waals surface area (Å²) in [7, 11) is -3.52. The van der Waals surface area contributed by atoms with E-state index in [4.69, 9.17) is 5.73 Å². The number of nitrogens with one attached hydrogen (secondary N) is 1. The minimum atomic E-state index is -3.52. The van der Waals surface area contributed by atoms with E-state index in [-0.39, 0.29) is 10.6 Å². The third-order valence-corrected chi connectivity index (χ3v) is 4.97. The Balaban J connectivity index is 2.86. The van der Waals surface area contributed by atoms with Gasteiger partial charge in [-0.15, -0.1) is 0 Å². The molecule has 4 nitrogen and oxygen atoms in total. The SMILES string of the molecule is CCC(CC)CNS(=O)(=O)c1ccc(Br)cc1N. The van der Waals surface area contributed by atoms with Crippen molar-refractivity contribution in [1.82, 2.24) is 4.72 Å². The van der Waals surface area contributed by atoms with Crippen molar-refractivity contribution in [3.05, 3.63) is 22.7 Å². The van der Waals surface area contributed by atoms with Crippen molar-refractivity contribution in [2.24, 2.45) is 5.92 Å². The minimum absolute atomic E-state index is 0.136. The number of nitrogen functional groups attached to an aromatic ring is 1. The maximum absolute atomic E-state index is 12.1. The molecule has 0 aliphatic rings. The van der Waals surface area contributed by atoms with Gasteiger partial charge < -0.3 is 5.73 Å². The maximum atomic E-state index is 12.1. The lowest BCUT2D eigenvalue weighted by atomic mass is 10.0. The molecule has 0 aromatic heterocycles. The molecule has 102 valence electrons. The van der Waals surface area contributed by atoms with Gasteiger partial charge in [0.15, 0.2) is 0 Å². The second-order valence-electron chi connectivity index (χ2n) is 4.22. The van der Waals surface area contributed by atoms with Gasteiger partial charge in [-0.2, -0.15) is 0 Å². The van der Waals surface area contributed by atoms with E-state index in [9.17, 15) is 8.42 Å². The molecule has 1 aromatic carbocycles. The Labute approximate surface area is 117 Å². The molecular formula is C12H19BrN2O2S. The van der Waals surface area contributed by atoms with Crippen LogP contribution >= 0.6 is 15.9 Å². The van der Waals surface area contributed by atoms with Crippen LogP contribution in [0.1, 0.15) is 26.7 Å². The van der Waals surface area contributed by atoms with Crippen LogP contribution in [0.2, 0.25) is 0 Å². The normalized spacial score (nSPS) is 12.0. The molecule has 1 aromatic rings. The highest BCUT2D eigenvalue weighted by molar-refractivity contribution is 9.10. The lowest BCUT2D eigenvalue weighted by Gasteiger charge is -2.14. The third-order valence-electron chi connectivity index (χ3n) is 2.98. The largest absolute Gasteiger partial charge is 0.398 e. The zero-order valence-corrected chi connectivity index (χ0v) is 13.0. The van der Waals surface area contributed by atoms with Crippen LogP contribution < -0.4 is 10.5 Å². The van der Waals surface area contributed by atoms with E-state index in [2.05, 4.69) is 34.5 Å².